The molecule has 0 spiro atoms. The number of nitrogens with zero attached hydrogens (tertiary/aromatic N) is 2. The van der Waals surface area contributed by atoms with Crippen LogP contribution in [0, 0.1) is 11.3 Å². The zero-order valence-electron chi connectivity index (χ0n) is 7.27. The number of nitrogens with two attached hydrogens (primary N) is 2. The number of amides is 1. The first-order chi connectivity index (χ1) is 6.63. The normalized spacial score (nSPS) is 8.79. The van der Waals surface area contributed by atoms with Crippen molar-refractivity contribution in [3.63, 3.8) is 0 Å². The summed E-state index contributed by atoms with van der Waals surface area (Å²) in [6, 6.07) is 8.06. The Labute approximate surface area is 80.7 Å². The molecule has 5 heteroatoms. The van der Waals surface area contributed by atoms with E-state index in [1.165, 1.54) is 12.1 Å². The molecular weight excluding hydrogens is 180 g/mol. The number of carbonyl (C=O) groups excluding carboxylic acids is 1. The van der Waals surface area contributed by atoms with Crippen LogP contribution in [0.4, 0.5) is 0 Å². The third-order valence-electron chi connectivity index (χ3n) is 1.47. The summed E-state index contributed by atoms with van der Waals surface area (Å²) in [7, 11) is 0. The third kappa shape index (κ3) is 2.32. The number of hydrogen-bond acceptors (Lipinski definition) is 2. The van der Waals surface area contributed by atoms with Crippen LogP contribution in [0.1, 0.15) is 15.9 Å². The van der Waals surface area contributed by atoms with Crippen LogP contribution in [0.25, 0.3) is 0 Å². The van der Waals surface area contributed by atoms with E-state index in [1.807, 2.05) is 6.07 Å². The van der Waals surface area contributed by atoms with Crippen molar-refractivity contribution in [3.05, 3.63) is 35.4 Å². The number of hydrogen-bond donors (Lipinski definition) is 2. The summed E-state index contributed by atoms with van der Waals surface area (Å²) in [5.41, 5.74) is 10.8. The van der Waals surface area contributed by atoms with Crippen molar-refractivity contribution in [2.45, 2.75) is 0 Å². The number of nitriles is 1. The van der Waals surface area contributed by atoms with Gasteiger partial charge in [0.25, 0.3) is 5.91 Å². The second-order valence-electron chi connectivity index (χ2n) is 2.53. The molecule has 0 aliphatic carbocycles. The lowest BCUT2D eigenvalue weighted by molar-refractivity contribution is 0.100. The highest BCUT2D eigenvalue weighted by atomic mass is 16.1. The van der Waals surface area contributed by atoms with E-state index in [0.29, 0.717) is 5.56 Å². The minimum absolute atomic E-state index is 0.289. The highest BCUT2D eigenvalue weighted by Gasteiger charge is 2.04. The van der Waals surface area contributed by atoms with Gasteiger partial charge in [0.15, 0.2) is 5.96 Å². The van der Waals surface area contributed by atoms with Crippen LogP contribution in [0.15, 0.2) is 29.3 Å². The summed E-state index contributed by atoms with van der Waals surface area (Å²) in [6.45, 7) is 0. The molecule has 0 unspecified atom stereocenters. The standard InChI is InChI=1S/C9H8N4O/c10-5-6-2-1-3-7(4-6)8(14)13-9(11)12/h1-4H,(H4,11,12,13,14). The molecule has 14 heavy (non-hydrogen) atoms. The van der Waals surface area contributed by atoms with Crippen LogP contribution < -0.4 is 11.5 Å². The molecule has 70 valence electrons. The van der Waals surface area contributed by atoms with Crippen LogP contribution in [0.5, 0.6) is 0 Å². The highest BCUT2D eigenvalue weighted by Crippen LogP contribution is 2.05. The lowest BCUT2D eigenvalue weighted by Gasteiger charge is -1.95. The molecular formula is C9H8N4O. The molecule has 0 radical (unpaired) electrons. The minimum atomic E-state index is -0.554. The molecule has 0 aliphatic rings. The summed E-state index contributed by atoms with van der Waals surface area (Å²) in [5, 5.41) is 8.58. The Bertz CT molecular complexity index is 427. The Kier molecular flexibility index (Phi) is 2.82. The average molecular weight is 188 g/mol. The quantitative estimate of drug-likeness (QED) is 0.476. The van der Waals surface area contributed by atoms with E-state index < -0.39 is 5.91 Å². The first-order valence-corrected chi connectivity index (χ1v) is 3.77. The fourth-order valence-corrected chi connectivity index (χ4v) is 0.904. The van der Waals surface area contributed by atoms with E-state index in [1.54, 1.807) is 12.1 Å². The van der Waals surface area contributed by atoms with E-state index in [4.69, 9.17) is 16.7 Å². The predicted octanol–water partition coefficient (Wildman–Crippen LogP) is -0.0281. The van der Waals surface area contributed by atoms with Gasteiger partial charge in [0, 0.05) is 5.56 Å². The van der Waals surface area contributed by atoms with Gasteiger partial charge in [-0.25, -0.2) is 0 Å². The lowest BCUT2D eigenvalue weighted by atomic mass is 10.1. The first-order valence-electron chi connectivity index (χ1n) is 3.77. The zero-order chi connectivity index (χ0) is 10.6. The molecule has 0 bridgehead atoms. The number of aliphatic imine (C=N–C) groups is 1. The number of guanidine groups is 1. The maximum absolute atomic E-state index is 11.3. The van der Waals surface area contributed by atoms with E-state index in [-0.39, 0.29) is 11.5 Å². The minimum Gasteiger partial charge on any atom is -0.370 e. The number of rotatable bonds is 1. The number of carbonyl (C=O) groups is 1. The summed E-state index contributed by atoms with van der Waals surface area (Å²) < 4.78 is 0. The van der Waals surface area contributed by atoms with Crippen molar-refractivity contribution in [1.82, 2.24) is 0 Å². The van der Waals surface area contributed by atoms with E-state index in [9.17, 15) is 4.79 Å². The molecule has 0 atom stereocenters. The van der Waals surface area contributed by atoms with Crippen molar-refractivity contribution in [3.8, 4) is 6.07 Å². The molecule has 0 saturated carbocycles. The van der Waals surface area contributed by atoms with Crippen molar-refractivity contribution < 1.29 is 4.79 Å². The molecule has 0 heterocycles. The van der Waals surface area contributed by atoms with Gasteiger partial charge in [0.2, 0.25) is 0 Å². The molecule has 1 rings (SSSR count). The largest absolute Gasteiger partial charge is 0.370 e. The van der Waals surface area contributed by atoms with Gasteiger partial charge in [0.1, 0.15) is 0 Å². The van der Waals surface area contributed by atoms with Crippen molar-refractivity contribution in [2.24, 2.45) is 16.5 Å². The Hall–Kier alpha value is -2.35. The Morgan fingerprint density at radius 2 is 2.14 bits per heavy atom. The fraction of sp³-hybridized carbons (Fsp3) is 0. The maximum Gasteiger partial charge on any atom is 0.280 e. The number of benzene rings is 1. The van der Waals surface area contributed by atoms with Gasteiger partial charge in [0.05, 0.1) is 11.6 Å². The zero-order valence-corrected chi connectivity index (χ0v) is 7.27. The lowest BCUT2D eigenvalue weighted by Crippen LogP contribution is -2.24. The van der Waals surface area contributed by atoms with Crippen LogP contribution in [0.2, 0.25) is 0 Å². The second-order valence-corrected chi connectivity index (χ2v) is 2.53. The predicted molar refractivity (Wildman–Crippen MR) is 51.3 cm³/mol. The monoisotopic (exact) mass is 188 g/mol. The fourth-order valence-electron chi connectivity index (χ4n) is 0.904. The molecule has 0 fully saturated rings. The molecule has 1 aromatic carbocycles. The second kappa shape index (κ2) is 4.05. The molecule has 0 saturated heterocycles. The van der Waals surface area contributed by atoms with Crippen molar-refractivity contribution >= 4 is 11.9 Å². The summed E-state index contributed by atoms with van der Waals surface area (Å²) in [5.74, 6) is -0.848. The molecule has 5 nitrogen and oxygen atoms in total. The molecule has 0 aliphatic heterocycles. The van der Waals surface area contributed by atoms with Gasteiger partial charge in [-0.2, -0.15) is 10.3 Å². The van der Waals surface area contributed by atoms with Gasteiger partial charge in [-0.15, -0.1) is 0 Å². The van der Waals surface area contributed by atoms with Gasteiger partial charge in [-0.1, -0.05) is 6.07 Å². The van der Waals surface area contributed by atoms with Crippen LogP contribution in [-0.2, 0) is 0 Å². The third-order valence-corrected chi connectivity index (χ3v) is 1.47. The summed E-state index contributed by atoms with van der Waals surface area (Å²) in [6.07, 6.45) is 0. The summed E-state index contributed by atoms with van der Waals surface area (Å²) >= 11 is 0. The van der Waals surface area contributed by atoms with Gasteiger partial charge < -0.3 is 11.5 Å². The molecule has 1 amide bonds. The molecule has 4 N–H and O–H groups in total. The Morgan fingerprint density at radius 1 is 1.43 bits per heavy atom. The molecule has 0 aromatic heterocycles. The van der Waals surface area contributed by atoms with E-state index in [2.05, 4.69) is 4.99 Å². The van der Waals surface area contributed by atoms with Crippen LogP contribution >= 0.6 is 0 Å². The van der Waals surface area contributed by atoms with Crippen molar-refractivity contribution in [1.29, 1.82) is 5.26 Å². The van der Waals surface area contributed by atoms with E-state index in [0.717, 1.165) is 0 Å². The Balaban J connectivity index is 3.03. The van der Waals surface area contributed by atoms with Crippen LogP contribution in [-0.4, -0.2) is 11.9 Å². The topological polar surface area (TPSA) is 105 Å². The van der Waals surface area contributed by atoms with Gasteiger partial charge in [-0.3, -0.25) is 4.79 Å². The SMILES string of the molecule is N#Cc1cccc(C(=O)N=C(N)N)c1. The summed E-state index contributed by atoms with van der Waals surface area (Å²) in [4.78, 5) is 14.6. The smallest absolute Gasteiger partial charge is 0.280 e. The Morgan fingerprint density at radius 3 is 2.71 bits per heavy atom. The van der Waals surface area contributed by atoms with Gasteiger partial charge >= 0.3 is 0 Å². The first kappa shape index (κ1) is 9.74. The van der Waals surface area contributed by atoms with E-state index >= 15 is 0 Å². The van der Waals surface area contributed by atoms with Gasteiger partial charge in [-0.05, 0) is 18.2 Å². The average Bonchev–Trinajstić information content (AvgIpc) is 2.17. The molecule has 1 aromatic rings. The highest BCUT2D eigenvalue weighted by molar-refractivity contribution is 6.02. The van der Waals surface area contributed by atoms with Crippen LogP contribution in [0.3, 0.4) is 0 Å². The maximum atomic E-state index is 11.3. The van der Waals surface area contributed by atoms with Crippen molar-refractivity contribution in [2.75, 3.05) is 0 Å².